The topological polar surface area (TPSA) is 143 Å². The molecule has 0 saturated carbocycles. The third kappa shape index (κ3) is 9.34. The predicted molar refractivity (Wildman–Crippen MR) is 147 cm³/mol. The van der Waals surface area contributed by atoms with Gasteiger partial charge in [-0.25, -0.2) is 13.4 Å². The van der Waals surface area contributed by atoms with E-state index in [1.807, 2.05) is 25.1 Å². The number of aliphatic hydroxyl groups excluding tert-OH is 2. The number of hydrogen-bond acceptors (Lipinski definition) is 12. The maximum Gasteiger partial charge on any atom is 0.231 e. The quantitative estimate of drug-likeness (QED) is 0.186. The first-order chi connectivity index (χ1) is 18.3. The lowest BCUT2D eigenvalue weighted by molar-refractivity contribution is 0.0347. The van der Waals surface area contributed by atoms with Crippen molar-refractivity contribution in [2.45, 2.75) is 11.8 Å². The van der Waals surface area contributed by atoms with Gasteiger partial charge < -0.3 is 29.3 Å². The smallest absolute Gasteiger partial charge is 0.231 e. The van der Waals surface area contributed by atoms with Gasteiger partial charge in [0.2, 0.25) is 5.13 Å². The summed E-state index contributed by atoms with van der Waals surface area (Å²) in [4.78, 5) is 6.81. The minimum Gasteiger partial charge on any atom is -0.394 e. The molecule has 0 radical (unpaired) electrons. The maximum atomic E-state index is 11.8. The molecule has 11 nitrogen and oxygen atoms in total. The Bertz CT molecular complexity index is 1300. The van der Waals surface area contributed by atoms with Gasteiger partial charge in [0.05, 0.1) is 73.7 Å². The lowest BCUT2D eigenvalue weighted by atomic mass is 10.1. The highest BCUT2D eigenvalue weighted by Gasteiger charge is 2.12. The molecule has 3 rings (SSSR count). The second kappa shape index (κ2) is 15.2. The molecule has 0 amide bonds. The zero-order valence-corrected chi connectivity index (χ0v) is 23.2. The SMILES string of the molecule is Cc1cc(N(CCOCCO)CCOCCOCCO)ccc1/N=N/c1nc2ccc(S(C)(=O)=O)cc2s1. The molecule has 13 heteroatoms. The number of thiazole rings is 1. The number of fused-ring (bicyclic) bond motifs is 1. The summed E-state index contributed by atoms with van der Waals surface area (Å²) in [5.74, 6) is 0. The molecule has 0 fully saturated rings. The summed E-state index contributed by atoms with van der Waals surface area (Å²) >= 11 is 1.28. The molecule has 1 heterocycles. The molecule has 0 saturated heterocycles. The van der Waals surface area contributed by atoms with Gasteiger partial charge in [0.25, 0.3) is 0 Å². The molecule has 208 valence electrons. The summed E-state index contributed by atoms with van der Waals surface area (Å²) in [5, 5.41) is 26.8. The van der Waals surface area contributed by atoms with Crippen LogP contribution in [-0.2, 0) is 24.0 Å². The minimum absolute atomic E-state index is 0.0106. The van der Waals surface area contributed by atoms with E-state index in [9.17, 15) is 8.42 Å². The van der Waals surface area contributed by atoms with Gasteiger partial charge in [-0.2, -0.15) is 0 Å². The summed E-state index contributed by atoms with van der Waals surface area (Å²) in [6, 6.07) is 10.7. The van der Waals surface area contributed by atoms with Crippen LogP contribution < -0.4 is 4.90 Å². The fraction of sp³-hybridized carbons (Fsp3) is 0.480. The van der Waals surface area contributed by atoms with Crippen molar-refractivity contribution in [2.75, 3.05) is 77.1 Å². The largest absolute Gasteiger partial charge is 0.394 e. The van der Waals surface area contributed by atoms with Crippen molar-refractivity contribution in [2.24, 2.45) is 10.2 Å². The molecule has 0 atom stereocenters. The summed E-state index contributed by atoms with van der Waals surface area (Å²) in [6.07, 6.45) is 1.18. The van der Waals surface area contributed by atoms with Crippen LogP contribution in [0.2, 0.25) is 0 Å². The average Bonchev–Trinajstić information content (AvgIpc) is 3.30. The van der Waals surface area contributed by atoms with Crippen molar-refractivity contribution in [1.82, 2.24) is 4.98 Å². The highest BCUT2D eigenvalue weighted by molar-refractivity contribution is 7.90. The number of anilines is 1. The Morgan fingerprint density at radius 2 is 1.55 bits per heavy atom. The van der Waals surface area contributed by atoms with Crippen molar-refractivity contribution in [3.05, 3.63) is 42.0 Å². The Balaban J connectivity index is 1.66. The van der Waals surface area contributed by atoms with Crippen LogP contribution in [0.4, 0.5) is 16.5 Å². The van der Waals surface area contributed by atoms with Gasteiger partial charge in [0.1, 0.15) is 0 Å². The van der Waals surface area contributed by atoms with Gasteiger partial charge >= 0.3 is 0 Å². The molecule has 2 aromatic carbocycles. The molecule has 2 N–H and O–H groups in total. The van der Waals surface area contributed by atoms with E-state index in [1.54, 1.807) is 12.1 Å². The molecule has 0 aliphatic heterocycles. The molecule has 0 aliphatic rings. The van der Waals surface area contributed by atoms with Crippen LogP contribution in [0.3, 0.4) is 0 Å². The third-order valence-electron chi connectivity index (χ3n) is 5.42. The summed E-state index contributed by atoms with van der Waals surface area (Å²) < 4.78 is 40.7. The number of azo groups is 1. The summed E-state index contributed by atoms with van der Waals surface area (Å²) in [6.45, 7) is 5.55. The molecule has 0 unspecified atom stereocenters. The van der Waals surface area contributed by atoms with Gasteiger partial charge in [0.15, 0.2) is 9.84 Å². The van der Waals surface area contributed by atoms with Gasteiger partial charge in [-0.1, -0.05) is 11.3 Å². The van der Waals surface area contributed by atoms with Crippen LogP contribution in [-0.4, -0.2) is 95.8 Å². The Hall–Kier alpha value is -2.52. The average molecular weight is 567 g/mol. The van der Waals surface area contributed by atoms with Crippen LogP contribution in [0.25, 0.3) is 10.2 Å². The second-order valence-corrected chi connectivity index (χ2v) is 11.4. The van der Waals surface area contributed by atoms with E-state index in [-0.39, 0.29) is 24.7 Å². The molecular weight excluding hydrogens is 532 g/mol. The second-order valence-electron chi connectivity index (χ2n) is 8.34. The number of aromatic nitrogens is 1. The Kier molecular flexibility index (Phi) is 12.0. The molecule has 0 aliphatic carbocycles. The van der Waals surface area contributed by atoms with Gasteiger partial charge in [-0.15, -0.1) is 10.2 Å². The minimum atomic E-state index is -3.30. The van der Waals surface area contributed by atoms with E-state index in [2.05, 4.69) is 20.1 Å². The Labute approximate surface area is 226 Å². The van der Waals surface area contributed by atoms with Crippen LogP contribution >= 0.6 is 11.3 Å². The number of nitrogens with zero attached hydrogens (tertiary/aromatic N) is 4. The van der Waals surface area contributed by atoms with Crippen LogP contribution in [0.5, 0.6) is 0 Å². The number of hydrogen-bond donors (Lipinski definition) is 2. The van der Waals surface area contributed by atoms with Crippen LogP contribution in [0, 0.1) is 6.92 Å². The first-order valence-electron chi connectivity index (χ1n) is 12.1. The highest BCUT2D eigenvalue weighted by atomic mass is 32.2. The summed E-state index contributed by atoms with van der Waals surface area (Å²) in [5.41, 5.74) is 3.26. The number of rotatable bonds is 17. The molecule has 0 spiro atoms. The van der Waals surface area contributed by atoms with E-state index >= 15 is 0 Å². The first kappa shape index (κ1) is 30.0. The van der Waals surface area contributed by atoms with Crippen molar-refractivity contribution in [3.63, 3.8) is 0 Å². The van der Waals surface area contributed by atoms with Gasteiger partial charge in [0, 0.05) is 25.0 Å². The van der Waals surface area contributed by atoms with E-state index in [0.717, 1.165) is 16.0 Å². The molecule has 3 aromatic rings. The number of benzene rings is 2. The number of sulfone groups is 1. The Morgan fingerprint density at radius 1 is 0.895 bits per heavy atom. The summed E-state index contributed by atoms with van der Waals surface area (Å²) in [7, 11) is -3.30. The van der Waals surface area contributed by atoms with E-state index in [4.69, 9.17) is 24.4 Å². The number of aryl methyl sites for hydroxylation is 1. The predicted octanol–water partition coefficient (Wildman–Crippen LogP) is 3.26. The molecule has 38 heavy (non-hydrogen) atoms. The van der Waals surface area contributed by atoms with Crippen molar-refractivity contribution in [3.8, 4) is 0 Å². The molecule has 1 aromatic heterocycles. The normalized spacial score (nSPS) is 12.1. The zero-order valence-electron chi connectivity index (χ0n) is 21.6. The Morgan fingerprint density at radius 3 is 2.18 bits per heavy atom. The fourth-order valence-corrected chi connectivity index (χ4v) is 5.03. The zero-order chi connectivity index (χ0) is 27.4. The monoisotopic (exact) mass is 566 g/mol. The van der Waals surface area contributed by atoms with Gasteiger partial charge in [-0.05, 0) is 48.9 Å². The first-order valence-corrected chi connectivity index (χ1v) is 14.9. The lowest BCUT2D eigenvalue weighted by Crippen LogP contribution is -2.31. The van der Waals surface area contributed by atoms with Gasteiger partial charge in [-0.3, -0.25) is 0 Å². The highest BCUT2D eigenvalue weighted by Crippen LogP contribution is 2.32. The van der Waals surface area contributed by atoms with E-state index < -0.39 is 9.84 Å². The fourth-order valence-electron chi connectivity index (χ4n) is 3.48. The lowest BCUT2D eigenvalue weighted by Gasteiger charge is -2.25. The van der Waals surface area contributed by atoms with Crippen LogP contribution in [0.15, 0.2) is 51.5 Å². The van der Waals surface area contributed by atoms with E-state index in [0.29, 0.717) is 62.5 Å². The maximum absolute atomic E-state index is 11.8. The molecule has 0 bridgehead atoms. The van der Waals surface area contributed by atoms with Crippen LogP contribution in [0.1, 0.15) is 5.56 Å². The standard InChI is InChI=1S/C25H34N4O7S2/c1-19-17-20(29(7-11-34-13-9-30)8-12-35-15-16-36-14-10-31)3-5-22(19)27-28-25-26-23-6-4-21(38(2,32)33)18-24(23)37-25/h3-6,17-18,30-31H,7-16H2,1-2H3/b28-27+. The van der Waals surface area contributed by atoms with E-state index in [1.165, 1.54) is 23.7 Å². The van der Waals surface area contributed by atoms with Crippen molar-refractivity contribution < 1.29 is 32.8 Å². The number of ether oxygens (including phenoxy) is 3. The van der Waals surface area contributed by atoms with Crippen molar-refractivity contribution in [1.29, 1.82) is 0 Å². The number of aliphatic hydroxyl groups is 2. The third-order valence-corrected chi connectivity index (χ3v) is 7.43. The molecular formula is C25H34N4O7S2. The van der Waals surface area contributed by atoms with Crippen molar-refractivity contribution >= 4 is 47.9 Å².